The molecular weight excluding hydrogens is 598 g/mol. The molecule has 1 aliphatic heterocycles. The van der Waals surface area contributed by atoms with E-state index in [0.717, 1.165) is 12.7 Å². The van der Waals surface area contributed by atoms with E-state index in [1.807, 2.05) is 12.1 Å². The first kappa shape index (κ1) is 21.5. The highest BCUT2D eigenvalue weighted by molar-refractivity contribution is 14.1. The van der Waals surface area contributed by atoms with E-state index in [4.69, 9.17) is 9.47 Å². The molecule has 3 rings (SSSR count). The first-order valence-electron chi connectivity index (χ1n) is 8.50. The topological polar surface area (TPSA) is 77.0 Å². The van der Waals surface area contributed by atoms with E-state index < -0.39 is 5.97 Å². The SMILES string of the molecule is C=CCOc1c(I)cc(I)cc1/C=C1/N=C(c2ccc(NC(C)=O)cc2)OC1=O. The van der Waals surface area contributed by atoms with E-state index in [0.29, 0.717) is 23.6 Å². The average molecular weight is 614 g/mol. The summed E-state index contributed by atoms with van der Waals surface area (Å²) >= 11 is 4.40. The zero-order chi connectivity index (χ0) is 21.0. The summed E-state index contributed by atoms with van der Waals surface area (Å²) in [4.78, 5) is 27.8. The van der Waals surface area contributed by atoms with Gasteiger partial charge < -0.3 is 14.8 Å². The predicted octanol–water partition coefficient (Wildman–Crippen LogP) is 4.76. The molecule has 148 valence electrons. The van der Waals surface area contributed by atoms with Gasteiger partial charge in [-0.3, -0.25) is 4.79 Å². The summed E-state index contributed by atoms with van der Waals surface area (Å²) in [6, 6.07) is 10.8. The molecular formula is C21H16I2N2O4. The summed E-state index contributed by atoms with van der Waals surface area (Å²) in [5.41, 5.74) is 2.21. The zero-order valence-electron chi connectivity index (χ0n) is 15.4. The lowest BCUT2D eigenvalue weighted by Crippen LogP contribution is -2.07. The van der Waals surface area contributed by atoms with Crippen molar-refractivity contribution in [3.8, 4) is 5.75 Å². The molecule has 2 aromatic rings. The summed E-state index contributed by atoms with van der Waals surface area (Å²) in [6.45, 7) is 5.46. The third kappa shape index (κ3) is 5.44. The quantitative estimate of drug-likeness (QED) is 0.221. The molecule has 0 aromatic heterocycles. The van der Waals surface area contributed by atoms with E-state index in [1.165, 1.54) is 6.92 Å². The summed E-state index contributed by atoms with van der Waals surface area (Å²) in [5, 5.41) is 2.69. The Morgan fingerprint density at radius 2 is 2.00 bits per heavy atom. The Balaban J connectivity index is 1.93. The Morgan fingerprint density at radius 3 is 2.66 bits per heavy atom. The number of carbonyl (C=O) groups excluding carboxylic acids is 2. The molecule has 0 unspecified atom stereocenters. The minimum absolute atomic E-state index is 0.158. The van der Waals surface area contributed by atoms with Crippen molar-refractivity contribution in [1.82, 2.24) is 0 Å². The smallest absolute Gasteiger partial charge is 0.363 e. The molecule has 1 aliphatic rings. The lowest BCUT2D eigenvalue weighted by molar-refractivity contribution is -0.129. The maximum absolute atomic E-state index is 12.3. The summed E-state index contributed by atoms with van der Waals surface area (Å²) < 4.78 is 13.0. The fourth-order valence-electron chi connectivity index (χ4n) is 2.56. The van der Waals surface area contributed by atoms with Gasteiger partial charge in [-0.1, -0.05) is 12.7 Å². The summed E-state index contributed by atoms with van der Waals surface area (Å²) in [7, 11) is 0. The maximum Gasteiger partial charge on any atom is 0.363 e. The van der Waals surface area contributed by atoms with Gasteiger partial charge in [-0.15, -0.1) is 0 Å². The van der Waals surface area contributed by atoms with Crippen molar-refractivity contribution >= 4 is 74.7 Å². The van der Waals surface area contributed by atoms with Crippen molar-refractivity contribution in [2.75, 3.05) is 11.9 Å². The molecule has 0 spiro atoms. The number of benzene rings is 2. The summed E-state index contributed by atoms with van der Waals surface area (Å²) in [6.07, 6.45) is 3.32. The molecule has 1 N–H and O–H groups in total. The first-order chi connectivity index (χ1) is 13.9. The fraction of sp³-hybridized carbons (Fsp3) is 0.0952. The second-order valence-electron chi connectivity index (χ2n) is 6.00. The fourth-order valence-corrected chi connectivity index (χ4v) is 4.61. The monoisotopic (exact) mass is 614 g/mol. The Labute approximate surface area is 195 Å². The van der Waals surface area contributed by atoms with Gasteiger partial charge in [-0.25, -0.2) is 9.79 Å². The molecule has 0 saturated heterocycles. The van der Waals surface area contributed by atoms with Crippen LogP contribution in [0.4, 0.5) is 5.69 Å². The molecule has 0 fully saturated rings. The number of hydrogen-bond donors (Lipinski definition) is 1. The number of halogens is 2. The van der Waals surface area contributed by atoms with Crippen LogP contribution in [0.5, 0.6) is 5.75 Å². The van der Waals surface area contributed by atoms with Gasteiger partial charge in [0.2, 0.25) is 11.8 Å². The third-order valence-corrected chi connectivity index (χ3v) is 5.17. The molecule has 0 atom stereocenters. The number of cyclic esters (lactones) is 1. The minimum atomic E-state index is -0.533. The van der Waals surface area contributed by atoms with Crippen LogP contribution in [0.15, 0.2) is 59.7 Å². The predicted molar refractivity (Wildman–Crippen MR) is 129 cm³/mol. The van der Waals surface area contributed by atoms with Crippen LogP contribution in [0.25, 0.3) is 6.08 Å². The zero-order valence-corrected chi connectivity index (χ0v) is 19.7. The number of hydrogen-bond acceptors (Lipinski definition) is 5. The van der Waals surface area contributed by atoms with E-state index in [9.17, 15) is 9.59 Å². The molecule has 0 bridgehead atoms. The van der Waals surface area contributed by atoms with Crippen LogP contribution in [-0.4, -0.2) is 24.4 Å². The Kier molecular flexibility index (Phi) is 7.06. The normalized spacial score (nSPS) is 14.4. The Hall–Kier alpha value is -2.21. The van der Waals surface area contributed by atoms with Gasteiger partial charge in [-0.2, -0.15) is 0 Å². The molecule has 0 aliphatic carbocycles. The van der Waals surface area contributed by atoms with Crippen LogP contribution in [-0.2, 0) is 14.3 Å². The van der Waals surface area contributed by atoms with Gasteiger partial charge in [0.15, 0.2) is 5.70 Å². The molecule has 1 amide bonds. The molecule has 29 heavy (non-hydrogen) atoms. The molecule has 0 saturated carbocycles. The van der Waals surface area contributed by atoms with E-state index >= 15 is 0 Å². The number of ether oxygens (including phenoxy) is 2. The maximum atomic E-state index is 12.3. The van der Waals surface area contributed by atoms with Crippen molar-refractivity contribution in [2.24, 2.45) is 4.99 Å². The lowest BCUT2D eigenvalue weighted by Gasteiger charge is -2.10. The standard InChI is InChI=1S/C21H16I2N2O4/c1-3-8-28-19-14(9-15(22)11-17(19)23)10-18-21(27)29-20(25-18)13-4-6-16(7-5-13)24-12(2)26/h3-7,9-11H,1,8H2,2H3,(H,24,26)/b18-10+. The number of aliphatic imine (C=N–C) groups is 1. The van der Waals surface area contributed by atoms with Crippen molar-refractivity contribution in [1.29, 1.82) is 0 Å². The van der Waals surface area contributed by atoms with E-state index in [1.54, 1.807) is 36.4 Å². The van der Waals surface area contributed by atoms with Crippen molar-refractivity contribution in [2.45, 2.75) is 6.92 Å². The first-order valence-corrected chi connectivity index (χ1v) is 10.7. The van der Waals surface area contributed by atoms with Crippen LogP contribution in [0.2, 0.25) is 0 Å². The number of nitrogens with zero attached hydrogens (tertiary/aromatic N) is 1. The number of esters is 1. The van der Waals surface area contributed by atoms with Crippen molar-refractivity contribution in [3.63, 3.8) is 0 Å². The highest BCUT2D eigenvalue weighted by Gasteiger charge is 2.25. The van der Waals surface area contributed by atoms with Gasteiger partial charge in [0.25, 0.3) is 0 Å². The van der Waals surface area contributed by atoms with Gasteiger partial charge in [0.1, 0.15) is 12.4 Å². The Morgan fingerprint density at radius 1 is 1.28 bits per heavy atom. The third-order valence-electron chi connectivity index (χ3n) is 3.75. The highest BCUT2D eigenvalue weighted by atomic mass is 127. The summed E-state index contributed by atoms with van der Waals surface area (Å²) in [5.74, 6) is 0.183. The van der Waals surface area contributed by atoms with Gasteiger partial charge in [-0.05, 0) is 87.7 Å². The number of anilines is 1. The minimum Gasteiger partial charge on any atom is -0.488 e. The molecule has 0 radical (unpaired) electrons. The second-order valence-corrected chi connectivity index (χ2v) is 8.41. The number of nitrogens with one attached hydrogen (secondary N) is 1. The van der Waals surface area contributed by atoms with Crippen LogP contribution >= 0.6 is 45.2 Å². The van der Waals surface area contributed by atoms with Crippen LogP contribution < -0.4 is 10.1 Å². The average Bonchev–Trinajstić information content (AvgIpc) is 3.01. The van der Waals surface area contributed by atoms with Crippen LogP contribution in [0.1, 0.15) is 18.1 Å². The Bertz CT molecular complexity index is 1040. The number of rotatable bonds is 6. The largest absolute Gasteiger partial charge is 0.488 e. The van der Waals surface area contributed by atoms with Gasteiger partial charge in [0.05, 0.1) is 3.57 Å². The van der Waals surface area contributed by atoms with Gasteiger partial charge >= 0.3 is 5.97 Å². The van der Waals surface area contributed by atoms with E-state index in [2.05, 4.69) is 62.1 Å². The van der Waals surface area contributed by atoms with Crippen molar-refractivity contribution in [3.05, 3.63) is 73.0 Å². The van der Waals surface area contributed by atoms with Crippen LogP contribution in [0.3, 0.4) is 0 Å². The highest BCUT2D eigenvalue weighted by Crippen LogP contribution is 2.31. The molecule has 2 aromatic carbocycles. The van der Waals surface area contributed by atoms with Crippen molar-refractivity contribution < 1.29 is 19.1 Å². The van der Waals surface area contributed by atoms with Gasteiger partial charge in [0, 0.05) is 27.3 Å². The lowest BCUT2D eigenvalue weighted by atomic mass is 10.1. The van der Waals surface area contributed by atoms with E-state index in [-0.39, 0.29) is 17.5 Å². The molecule has 8 heteroatoms. The molecule has 1 heterocycles. The second kappa shape index (κ2) is 9.53. The number of carbonyl (C=O) groups is 2. The van der Waals surface area contributed by atoms with Crippen LogP contribution in [0, 0.1) is 7.14 Å². The molecule has 6 nitrogen and oxygen atoms in total. The number of amides is 1.